The first-order chi connectivity index (χ1) is 8.45. The van der Waals surface area contributed by atoms with E-state index in [1.165, 1.54) is 18.4 Å². The zero-order valence-corrected chi connectivity index (χ0v) is 12.2. The molecule has 18 heavy (non-hydrogen) atoms. The Morgan fingerprint density at radius 3 is 2.61 bits per heavy atom. The van der Waals surface area contributed by atoms with Crippen molar-refractivity contribution in [1.82, 2.24) is 5.32 Å². The Morgan fingerprint density at radius 1 is 1.33 bits per heavy atom. The molecule has 2 nitrogen and oxygen atoms in total. The zero-order valence-electron chi connectivity index (χ0n) is 12.2. The van der Waals surface area contributed by atoms with Crippen LogP contribution in [0.5, 0.6) is 5.75 Å². The highest BCUT2D eigenvalue weighted by atomic mass is 16.3. The normalized spacial score (nSPS) is 14.7. The van der Waals surface area contributed by atoms with Gasteiger partial charge in [-0.25, -0.2) is 0 Å². The Hall–Kier alpha value is -1.02. The zero-order chi connectivity index (χ0) is 13.6. The van der Waals surface area contributed by atoms with E-state index < -0.39 is 0 Å². The second-order valence-corrected chi connectivity index (χ2v) is 5.94. The minimum absolute atomic E-state index is 0.257. The van der Waals surface area contributed by atoms with E-state index in [2.05, 4.69) is 39.1 Å². The van der Waals surface area contributed by atoms with Gasteiger partial charge in [-0.05, 0) is 36.0 Å². The molecule has 2 heteroatoms. The summed E-state index contributed by atoms with van der Waals surface area (Å²) < 4.78 is 0. The number of nitrogens with one attached hydrogen (secondary N) is 1. The van der Waals surface area contributed by atoms with Gasteiger partial charge in [0.05, 0.1) is 0 Å². The predicted molar refractivity (Wildman–Crippen MR) is 78.0 cm³/mol. The van der Waals surface area contributed by atoms with Gasteiger partial charge in [0.25, 0.3) is 0 Å². The molecule has 1 aromatic carbocycles. The van der Waals surface area contributed by atoms with Crippen LogP contribution in [-0.2, 0) is 6.42 Å². The van der Waals surface area contributed by atoms with E-state index in [1.807, 2.05) is 12.1 Å². The number of hydrogen-bond donors (Lipinski definition) is 2. The maximum absolute atomic E-state index is 9.54. The summed E-state index contributed by atoms with van der Waals surface area (Å²) in [7, 11) is 0. The van der Waals surface area contributed by atoms with Crippen LogP contribution in [0.1, 0.15) is 46.1 Å². The number of phenols is 1. The summed E-state index contributed by atoms with van der Waals surface area (Å²) in [6.45, 7) is 9.95. The fraction of sp³-hybridized carbons (Fsp3) is 0.625. The number of hydrogen-bond acceptors (Lipinski definition) is 2. The molecule has 0 aromatic heterocycles. The molecule has 0 fully saturated rings. The molecule has 1 unspecified atom stereocenters. The topological polar surface area (TPSA) is 32.3 Å². The Kier molecular flexibility index (Phi) is 5.67. The first-order valence-corrected chi connectivity index (χ1v) is 6.96. The molecule has 2 N–H and O–H groups in total. The van der Waals surface area contributed by atoms with Gasteiger partial charge in [0.15, 0.2) is 0 Å². The summed E-state index contributed by atoms with van der Waals surface area (Å²) in [5.41, 5.74) is 1.48. The highest BCUT2D eigenvalue weighted by Gasteiger charge is 2.23. The molecule has 1 atom stereocenters. The van der Waals surface area contributed by atoms with Crippen molar-refractivity contribution in [2.75, 3.05) is 6.54 Å². The lowest BCUT2D eigenvalue weighted by molar-refractivity contribution is 0.267. The molecule has 1 aromatic rings. The molecule has 0 aliphatic rings. The smallest absolute Gasteiger partial charge is 0.115 e. The Balaban J connectivity index is 2.71. The van der Waals surface area contributed by atoms with Gasteiger partial charge in [-0.2, -0.15) is 0 Å². The average Bonchev–Trinajstić information content (AvgIpc) is 2.27. The van der Waals surface area contributed by atoms with Crippen molar-refractivity contribution in [2.24, 2.45) is 5.41 Å². The lowest BCUT2D eigenvalue weighted by atomic mass is 9.79. The molecule has 0 amide bonds. The van der Waals surface area contributed by atoms with Crippen LogP contribution < -0.4 is 5.32 Å². The molecule has 0 radical (unpaired) electrons. The summed E-state index contributed by atoms with van der Waals surface area (Å²) in [6.07, 6.45) is 3.40. The van der Waals surface area contributed by atoms with Crippen molar-refractivity contribution in [3.05, 3.63) is 29.8 Å². The third kappa shape index (κ3) is 5.09. The molecule has 0 spiro atoms. The second-order valence-electron chi connectivity index (χ2n) is 5.94. The van der Waals surface area contributed by atoms with Gasteiger partial charge in [-0.1, -0.05) is 46.2 Å². The maximum Gasteiger partial charge on any atom is 0.115 e. The van der Waals surface area contributed by atoms with Crippen molar-refractivity contribution in [1.29, 1.82) is 0 Å². The molecule has 0 saturated heterocycles. The molecule has 102 valence electrons. The molecule has 1 rings (SSSR count). The largest absolute Gasteiger partial charge is 0.508 e. The fourth-order valence-corrected chi connectivity index (χ4v) is 2.45. The highest BCUT2D eigenvalue weighted by Crippen LogP contribution is 2.28. The summed E-state index contributed by atoms with van der Waals surface area (Å²) in [4.78, 5) is 0. The van der Waals surface area contributed by atoms with Crippen molar-refractivity contribution >= 4 is 0 Å². The third-order valence-electron chi connectivity index (χ3n) is 3.33. The van der Waals surface area contributed by atoms with Crippen LogP contribution in [0.3, 0.4) is 0 Å². The molecule has 0 bridgehead atoms. The lowest BCUT2D eigenvalue weighted by Crippen LogP contribution is -2.37. The monoisotopic (exact) mass is 249 g/mol. The van der Waals surface area contributed by atoms with E-state index in [-0.39, 0.29) is 5.41 Å². The standard InChI is InChI=1S/C16H27NO/c1-5-9-16(4,12-17-13(2)3)11-14-7-6-8-15(18)10-14/h6-8,10,13,17-18H,5,9,11-12H2,1-4H3. The molecular formula is C16H27NO. The van der Waals surface area contributed by atoms with Crippen LogP contribution in [-0.4, -0.2) is 17.7 Å². The number of aromatic hydroxyl groups is 1. The van der Waals surface area contributed by atoms with E-state index >= 15 is 0 Å². The van der Waals surface area contributed by atoms with Crippen molar-refractivity contribution in [3.63, 3.8) is 0 Å². The third-order valence-corrected chi connectivity index (χ3v) is 3.33. The van der Waals surface area contributed by atoms with Crippen molar-refractivity contribution in [3.8, 4) is 5.75 Å². The molecule has 0 aliphatic heterocycles. The SMILES string of the molecule is CCCC(C)(CNC(C)C)Cc1cccc(O)c1. The van der Waals surface area contributed by atoms with Crippen LogP contribution in [0, 0.1) is 5.41 Å². The summed E-state index contributed by atoms with van der Waals surface area (Å²) in [5.74, 6) is 0.364. The van der Waals surface area contributed by atoms with E-state index in [0.29, 0.717) is 11.8 Å². The van der Waals surface area contributed by atoms with E-state index in [9.17, 15) is 5.11 Å². The second kappa shape index (κ2) is 6.79. The molecule has 0 heterocycles. The van der Waals surface area contributed by atoms with Crippen LogP contribution in [0.4, 0.5) is 0 Å². The summed E-state index contributed by atoms with van der Waals surface area (Å²) >= 11 is 0. The van der Waals surface area contributed by atoms with Gasteiger partial charge in [0.2, 0.25) is 0 Å². The minimum atomic E-state index is 0.257. The van der Waals surface area contributed by atoms with Gasteiger partial charge >= 0.3 is 0 Å². The van der Waals surface area contributed by atoms with Gasteiger partial charge in [-0.15, -0.1) is 0 Å². The quantitative estimate of drug-likeness (QED) is 0.771. The Labute approximate surface area is 111 Å². The van der Waals surface area contributed by atoms with Crippen molar-refractivity contribution < 1.29 is 5.11 Å². The van der Waals surface area contributed by atoms with Crippen LogP contribution in [0.25, 0.3) is 0 Å². The lowest BCUT2D eigenvalue weighted by Gasteiger charge is -2.31. The fourth-order valence-electron chi connectivity index (χ4n) is 2.45. The first-order valence-electron chi connectivity index (χ1n) is 6.96. The van der Waals surface area contributed by atoms with Crippen LogP contribution in [0.2, 0.25) is 0 Å². The van der Waals surface area contributed by atoms with Crippen LogP contribution >= 0.6 is 0 Å². The van der Waals surface area contributed by atoms with E-state index in [0.717, 1.165) is 13.0 Å². The number of rotatable bonds is 7. The molecule has 0 saturated carbocycles. The highest BCUT2D eigenvalue weighted by molar-refractivity contribution is 5.27. The van der Waals surface area contributed by atoms with Crippen LogP contribution in [0.15, 0.2) is 24.3 Å². The number of benzene rings is 1. The van der Waals surface area contributed by atoms with Gasteiger partial charge in [-0.3, -0.25) is 0 Å². The van der Waals surface area contributed by atoms with Crippen molar-refractivity contribution in [2.45, 2.75) is 53.0 Å². The predicted octanol–water partition coefficient (Wildman–Crippen LogP) is 3.74. The van der Waals surface area contributed by atoms with E-state index in [1.54, 1.807) is 6.07 Å². The maximum atomic E-state index is 9.54. The van der Waals surface area contributed by atoms with Gasteiger partial charge in [0.1, 0.15) is 5.75 Å². The van der Waals surface area contributed by atoms with Gasteiger partial charge < -0.3 is 10.4 Å². The van der Waals surface area contributed by atoms with E-state index in [4.69, 9.17) is 0 Å². The van der Waals surface area contributed by atoms with Gasteiger partial charge in [0, 0.05) is 12.6 Å². The minimum Gasteiger partial charge on any atom is -0.508 e. The first kappa shape index (κ1) is 15.0. The molecule has 0 aliphatic carbocycles. The Morgan fingerprint density at radius 2 is 2.06 bits per heavy atom. The molecular weight excluding hydrogens is 222 g/mol. The Bertz CT molecular complexity index is 362. The average molecular weight is 249 g/mol. The summed E-state index contributed by atoms with van der Waals surface area (Å²) in [5, 5.41) is 13.1. The summed E-state index contributed by atoms with van der Waals surface area (Å²) in [6, 6.07) is 8.15. The number of phenolic OH excluding ortho intramolecular Hbond substituents is 1.